The molecule has 94 valence electrons. The Labute approximate surface area is 110 Å². The number of hydrogen-bond acceptors (Lipinski definition) is 2. The average molecular weight is 249 g/mol. The molecule has 0 heterocycles. The molecular formula is C15H23NS. The fourth-order valence-electron chi connectivity index (χ4n) is 1.60. The van der Waals surface area contributed by atoms with Crippen LogP contribution in [0.4, 0.5) is 0 Å². The molecule has 0 aromatic heterocycles. The van der Waals surface area contributed by atoms with Gasteiger partial charge in [0.15, 0.2) is 0 Å². The molecule has 1 aromatic carbocycles. The van der Waals surface area contributed by atoms with Crippen molar-refractivity contribution < 1.29 is 0 Å². The maximum absolute atomic E-state index is 3.82. The summed E-state index contributed by atoms with van der Waals surface area (Å²) < 4.78 is 0. The van der Waals surface area contributed by atoms with Crippen LogP contribution >= 0.6 is 11.8 Å². The van der Waals surface area contributed by atoms with Crippen molar-refractivity contribution in [3.05, 3.63) is 42.5 Å². The van der Waals surface area contributed by atoms with Crippen molar-refractivity contribution in [2.75, 3.05) is 6.54 Å². The lowest BCUT2D eigenvalue weighted by Crippen LogP contribution is -2.19. The molecule has 0 aliphatic rings. The van der Waals surface area contributed by atoms with Gasteiger partial charge in [0, 0.05) is 16.2 Å². The van der Waals surface area contributed by atoms with Gasteiger partial charge in [0.25, 0.3) is 0 Å². The zero-order valence-electron chi connectivity index (χ0n) is 11.1. The van der Waals surface area contributed by atoms with Gasteiger partial charge in [0.1, 0.15) is 0 Å². The van der Waals surface area contributed by atoms with Crippen LogP contribution in [-0.4, -0.2) is 11.8 Å². The molecule has 1 N–H and O–H groups in total. The minimum absolute atomic E-state index is 0.425. The molecule has 1 aromatic rings. The molecule has 0 aliphatic carbocycles. The van der Waals surface area contributed by atoms with Crippen molar-refractivity contribution >= 4 is 11.8 Å². The topological polar surface area (TPSA) is 12.0 Å². The largest absolute Gasteiger partial charge is 0.310 e. The van der Waals surface area contributed by atoms with Crippen molar-refractivity contribution in [1.82, 2.24) is 5.32 Å². The summed E-state index contributed by atoms with van der Waals surface area (Å²) in [5, 5.41) is 3.98. The lowest BCUT2D eigenvalue weighted by molar-refractivity contribution is 0.570. The van der Waals surface area contributed by atoms with E-state index in [4.69, 9.17) is 0 Å². The molecular weight excluding hydrogens is 226 g/mol. The lowest BCUT2D eigenvalue weighted by Gasteiger charge is -2.15. The van der Waals surface area contributed by atoms with Crippen LogP contribution in [0, 0.1) is 0 Å². The fraction of sp³-hybridized carbons (Fsp3) is 0.467. The van der Waals surface area contributed by atoms with Gasteiger partial charge in [0.05, 0.1) is 0 Å². The van der Waals surface area contributed by atoms with E-state index in [1.807, 2.05) is 17.8 Å². The molecule has 1 rings (SSSR count). The van der Waals surface area contributed by atoms with Crippen LogP contribution in [-0.2, 0) is 0 Å². The highest BCUT2D eigenvalue weighted by Crippen LogP contribution is 2.26. The SMILES string of the molecule is C=CC(C)Sc1cccc(C(C)NCCC)c1. The molecule has 0 bridgehead atoms. The van der Waals surface area contributed by atoms with Crippen LogP contribution in [0.1, 0.15) is 38.8 Å². The molecule has 2 atom stereocenters. The normalized spacial score (nSPS) is 14.3. The average Bonchev–Trinajstić information content (AvgIpc) is 2.36. The Bertz CT molecular complexity index is 349. The summed E-state index contributed by atoms with van der Waals surface area (Å²) in [5.41, 5.74) is 1.36. The van der Waals surface area contributed by atoms with Gasteiger partial charge in [-0.05, 0) is 44.5 Å². The molecule has 2 heteroatoms. The second kappa shape index (κ2) is 7.57. The van der Waals surface area contributed by atoms with Gasteiger partial charge in [-0.15, -0.1) is 18.3 Å². The van der Waals surface area contributed by atoms with Crippen LogP contribution in [0.3, 0.4) is 0 Å². The highest BCUT2D eigenvalue weighted by atomic mass is 32.2. The minimum atomic E-state index is 0.425. The summed E-state index contributed by atoms with van der Waals surface area (Å²) in [7, 11) is 0. The highest BCUT2D eigenvalue weighted by molar-refractivity contribution is 8.00. The van der Waals surface area contributed by atoms with Gasteiger partial charge in [0.2, 0.25) is 0 Å². The Morgan fingerprint density at radius 1 is 1.41 bits per heavy atom. The summed E-state index contributed by atoms with van der Waals surface area (Å²) >= 11 is 1.85. The van der Waals surface area contributed by atoms with E-state index in [0.29, 0.717) is 11.3 Å². The van der Waals surface area contributed by atoms with Gasteiger partial charge in [-0.3, -0.25) is 0 Å². The summed E-state index contributed by atoms with van der Waals surface area (Å²) in [5.74, 6) is 0. The maximum atomic E-state index is 3.82. The van der Waals surface area contributed by atoms with Gasteiger partial charge in [-0.2, -0.15) is 0 Å². The van der Waals surface area contributed by atoms with Crippen LogP contribution < -0.4 is 5.32 Å². The molecule has 0 fully saturated rings. The van der Waals surface area contributed by atoms with Crippen LogP contribution in [0.2, 0.25) is 0 Å². The van der Waals surface area contributed by atoms with E-state index >= 15 is 0 Å². The maximum Gasteiger partial charge on any atom is 0.0292 e. The van der Waals surface area contributed by atoms with E-state index < -0.39 is 0 Å². The van der Waals surface area contributed by atoms with Crippen molar-refractivity contribution in [3.63, 3.8) is 0 Å². The zero-order valence-corrected chi connectivity index (χ0v) is 11.9. The Balaban J connectivity index is 2.67. The third-order valence-electron chi connectivity index (χ3n) is 2.71. The number of thioether (sulfide) groups is 1. The fourth-order valence-corrected chi connectivity index (χ4v) is 2.49. The molecule has 1 nitrogen and oxygen atoms in total. The molecule has 0 aliphatic heterocycles. The first-order chi connectivity index (χ1) is 8.17. The second-order valence-electron chi connectivity index (χ2n) is 4.31. The van der Waals surface area contributed by atoms with Crippen molar-refractivity contribution in [3.8, 4) is 0 Å². The van der Waals surface area contributed by atoms with E-state index in [9.17, 15) is 0 Å². The van der Waals surface area contributed by atoms with Gasteiger partial charge < -0.3 is 5.32 Å². The first kappa shape index (κ1) is 14.3. The Morgan fingerprint density at radius 2 is 2.18 bits per heavy atom. The van der Waals surface area contributed by atoms with E-state index in [-0.39, 0.29) is 0 Å². The lowest BCUT2D eigenvalue weighted by atomic mass is 10.1. The minimum Gasteiger partial charge on any atom is -0.310 e. The first-order valence-electron chi connectivity index (χ1n) is 6.30. The standard InChI is InChI=1S/C15H23NS/c1-5-10-16-13(4)14-8-7-9-15(11-14)17-12(3)6-2/h6-9,11-13,16H,2,5,10H2,1,3-4H3. The number of benzene rings is 1. The third-order valence-corrected chi connectivity index (χ3v) is 3.80. The number of rotatable bonds is 7. The summed E-state index contributed by atoms with van der Waals surface area (Å²) in [4.78, 5) is 1.32. The van der Waals surface area contributed by atoms with Crippen LogP contribution in [0.5, 0.6) is 0 Å². The van der Waals surface area contributed by atoms with E-state index in [0.717, 1.165) is 6.54 Å². The van der Waals surface area contributed by atoms with E-state index in [1.54, 1.807) is 0 Å². The summed E-state index contributed by atoms with van der Waals surface area (Å²) in [6.07, 6.45) is 3.16. The van der Waals surface area contributed by atoms with Crippen molar-refractivity contribution in [1.29, 1.82) is 0 Å². The monoisotopic (exact) mass is 249 g/mol. The second-order valence-corrected chi connectivity index (χ2v) is 5.76. The molecule has 0 amide bonds. The van der Waals surface area contributed by atoms with Gasteiger partial charge in [-0.1, -0.05) is 25.1 Å². The van der Waals surface area contributed by atoms with Crippen LogP contribution in [0.25, 0.3) is 0 Å². The summed E-state index contributed by atoms with van der Waals surface area (Å²) in [6.45, 7) is 11.5. The van der Waals surface area contributed by atoms with Gasteiger partial charge in [-0.25, -0.2) is 0 Å². The molecule has 2 unspecified atom stereocenters. The molecule has 0 radical (unpaired) electrons. The van der Waals surface area contributed by atoms with E-state index in [1.165, 1.54) is 16.9 Å². The summed E-state index contributed by atoms with van der Waals surface area (Å²) in [6, 6.07) is 9.20. The Hall–Kier alpha value is -0.730. The highest BCUT2D eigenvalue weighted by Gasteiger charge is 2.06. The number of hydrogen-bond donors (Lipinski definition) is 1. The van der Waals surface area contributed by atoms with E-state index in [2.05, 4.69) is 56.9 Å². The van der Waals surface area contributed by atoms with Gasteiger partial charge >= 0.3 is 0 Å². The molecule has 0 saturated heterocycles. The third kappa shape index (κ3) is 4.97. The molecule has 17 heavy (non-hydrogen) atoms. The van der Waals surface area contributed by atoms with Crippen LogP contribution in [0.15, 0.2) is 41.8 Å². The first-order valence-corrected chi connectivity index (χ1v) is 7.18. The van der Waals surface area contributed by atoms with Crippen molar-refractivity contribution in [2.45, 2.75) is 43.4 Å². The molecule has 0 saturated carbocycles. The smallest absolute Gasteiger partial charge is 0.0292 e. The number of nitrogens with one attached hydrogen (secondary N) is 1. The zero-order chi connectivity index (χ0) is 12.7. The quantitative estimate of drug-likeness (QED) is 0.567. The molecule has 0 spiro atoms. The predicted octanol–water partition coefficient (Wildman–Crippen LogP) is 4.41. The Morgan fingerprint density at radius 3 is 2.82 bits per heavy atom. The Kier molecular flexibility index (Phi) is 6.38. The predicted molar refractivity (Wildman–Crippen MR) is 78.7 cm³/mol. The van der Waals surface area contributed by atoms with Crippen molar-refractivity contribution in [2.24, 2.45) is 0 Å².